The molecule has 5 rings (SSSR count). The van der Waals surface area contributed by atoms with Crippen LogP contribution in [0.25, 0.3) is 0 Å². The second kappa shape index (κ2) is 9.26. The van der Waals surface area contributed by atoms with Crippen molar-refractivity contribution in [1.29, 1.82) is 0 Å². The van der Waals surface area contributed by atoms with E-state index < -0.39 is 16.8 Å². The Kier molecular flexibility index (Phi) is 6.15. The molecular weight excluding hydrogens is 462 g/mol. The summed E-state index contributed by atoms with van der Waals surface area (Å²) < 4.78 is 4.78. The van der Waals surface area contributed by atoms with Gasteiger partial charge in [0.15, 0.2) is 0 Å². The number of fused-ring (bicyclic) bond motifs is 3. The van der Waals surface area contributed by atoms with E-state index in [1.807, 2.05) is 62.4 Å². The molecule has 180 valence electrons. The highest BCUT2D eigenvalue weighted by molar-refractivity contribution is 8.01. The molecule has 2 aromatic carbocycles. The molecule has 8 heteroatoms. The van der Waals surface area contributed by atoms with Crippen LogP contribution in [-0.2, 0) is 22.6 Å². The summed E-state index contributed by atoms with van der Waals surface area (Å²) in [5, 5.41) is 5.60. The lowest BCUT2D eigenvalue weighted by Gasteiger charge is -2.31. The summed E-state index contributed by atoms with van der Waals surface area (Å²) in [5.41, 5.74) is 2.49. The van der Waals surface area contributed by atoms with Gasteiger partial charge >= 0.3 is 0 Å². The second-order valence-electron chi connectivity index (χ2n) is 9.32. The molecule has 0 saturated carbocycles. The maximum atomic E-state index is 13.7. The fourth-order valence-electron chi connectivity index (χ4n) is 4.82. The number of nitrogens with one attached hydrogen (secondary N) is 2. The molecule has 3 amide bonds. The first-order valence-electron chi connectivity index (χ1n) is 11.6. The number of amides is 3. The molecule has 0 bridgehead atoms. The van der Waals surface area contributed by atoms with Gasteiger partial charge in [0.1, 0.15) is 23.2 Å². The van der Waals surface area contributed by atoms with Gasteiger partial charge in [-0.2, -0.15) is 0 Å². The van der Waals surface area contributed by atoms with Gasteiger partial charge < -0.3 is 20.0 Å². The molecule has 2 aliphatic heterocycles. The summed E-state index contributed by atoms with van der Waals surface area (Å²) >= 11 is 1.60. The van der Waals surface area contributed by atoms with Gasteiger partial charge in [-0.3, -0.25) is 14.4 Å². The molecule has 7 nitrogen and oxygen atoms in total. The Morgan fingerprint density at radius 1 is 1.06 bits per heavy atom. The van der Waals surface area contributed by atoms with Crippen LogP contribution in [0.3, 0.4) is 0 Å². The van der Waals surface area contributed by atoms with E-state index in [1.165, 1.54) is 0 Å². The van der Waals surface area contributed by atoms with Crippen molar-refractivity contribution in [2.45, 2.75) is 49.0 Å². The van der Waals surface area contributed by atoms with Crippen molar-refractivity contribution >= 4 is 29.5 Å². The van der Waals surface area contributed by atoms with Gasteiger partial charge in [0.05, 0.1) is 12.8 Å². The molecular formula is C27H27N3O4S. The highest BCUT2D eigenvalue weighted by Gasteiger charge is 2.57. The molecule has 3 atom stereocenters. The average molecular weight is 490 g/mol. The van der Waals surface area contributed by atoms with Crippen LogP contribution in [0.15, 0.2) is 77.4 Å². The number of hydrogen-bond donors (Lipinski definition) is 2. The average Bonchev–Trinajstić information content (AvgIpc) is 3.53. The molecule has 0 unspecified atom stereocenters. The Morgan fingerprint density at radius 2 is 1.80 bits per heavy atom. The van der Waals surface area contributed by atoms with Gasteiger partial charge in [0.25, 0.3) is 5.91 Å². The Balaban J connectivity index is 1.37. The zero-order valence-electron chi connectivity index (χ0n) is 19.6. The molecule has 2 aliphatic rings. The zero-order chi connectivity index (χ0) is 24.6. The van der Waals surface area contributed by atoms with Gasteiger partial charge in [-0.25, -0.2) is 0 Å². The van der Waals surface area contributed by atoms with Crippen LogP contribution < -0.4 is 10.6 Å². The zero-order valence-corrected chi connectivity index (χ0v) is 20.4. The summed E-state index contributed by atoms with van der Waals surface area (Å²) in [7, 11) is 0. The number of thioether (sulfide) groups is 1. The van der Waals surface area contributed by atoms with Crippen LogP contribution in [0.5, 0.6) is 0 Å². The minimum Gasteiger partial charge on any atom is -0.467 e. The van der Waals surface area contributed by atoms with E-state index in [4.69, 9.17) is 4.42 Å². The van der Waals surface area contributed by atoms with E-state index >= 15 is 0 Å². The van der Waals surface area contributed by atoms with E-state index in [1.54, 1.807) is 41.1 Å². The molecule has 1 aromatic heterocycles. The fourth-order valence-corrected chi connectivity index (χ4v) is 6.41. The van der Waals surface area contributed by atoms with Crippen molar-refractivity contribution in [3.05, 3.63) is 95.4 Å². The molecule has 3 heterocycles. The van der Waals surface area contributed by atoms with Crippen LogP contribution >= 0.6 is 11.8 Å². The Hall–Kier alpha value is -3.52. The molecule has 0 radical (unpaired) electrons. The third-order valence-corrected chi connectivity index (χ3v) is 8.01. The lowest BCUT2D eigenvalue weighted by Crippen LogP contribution is -2.57. The number of benzene rings is 2. The Labute approximate surface area is 208 Å². The minimum atomic E-state index is -0.806. The number of carbonyl (C=O) groups excluding carboxylic acids is 3. The van der Waals surface area contributed by atoms with E-state index in [0.29, 0.717) is 17.7 Å². The first kappa shape index (κ1) is 23.2. The maximum absolute atomic E-state index is 13.7. The van der Waals surface area contributed by atoms with E-state index in [9.17, 15) is 14.4 Å². The van der Waals surface area contributed by atoms with Gasteiger partial charge in [0.2, 0.25) is 11.8 Å². The lowest BCUT2D eigenvalue weighted by atomic mass is 9.99. The first-order valence-corrected chi connectivity index (χ1v) is 12.5. The van der Waals surface area contributed by atoms with Crippen molar-refractivity contribution in [3.63, 3.8) is 0 Å². The van der Waals surface area contributed by atoms with E-state index in [2.05, 4.69) is 10.6 Å². The van der Waals surface area contributed by atoms with Crippen LogP contribution in [0.2, 0.25) is 0 Å². The standard InChI is InChI=1S/C27H27N3O4S/c1-27(2)22(30-25(33)19-12-6-7-13-20(19)26(30)35-27)24(32)29-21(15-17-9-4-3-5-10-17)23(31)28-16-18-11-8-14-34-18/h3-14,21-22,26H,15-16H2,1-2H3,(H,28,31)(H,29,32)/t21-,22-,26+/m0/s1. The minimum absolute atomic E-state index is 0.147. The van der Waals surface area contributed by atoms with Crippen molar-refractivity contribution in [3.8, 4) is 0 Å². The number of carbonyl (C=O) groups is 3. The van der Waals surface area contributed by atoms with Crippen LogP contribution in [-0.4, -0.2) is 39.5 Å². The normalized spacial score (nSPS) is 20.7. The summed E-state index contributed by atoms with van der Waals surface area (Å²) in [5.74, 6) is -0.166. The monoisotopic (exact) mass is 489 g/mol. The third-order valence-electron chi connectivity index (χ3n) is 6.48. The number of hydrogen-bond acceptors (Lipinski definition) is 5. The lowest BCUT2D eigenvalue weighted by molar-refractivity contribution is -0.131. The second-order valence-corrected chi connectivity index (χ2v) is 11.1. The molecule has 0 spiro atoms. The molecule has 3 aromatic rings. The highest BCUT2D eigenvalue weighted by atomic mass is 32.2. The van der Waals surface area contributed by atoms with Crippen LogP contribution in [0.1, 0.15) is 46.5 Å². The smallest absolute Gasteiger partial charge is 0.256 e. The fraction of sp³-hybridized carbons (Fsp3) is 0.296. The number of furan rings is 1. The summed E-state index contributed by atoms with van der Waals surface area (Å²) in [6.45, 7) is 4.17. The topological polar surface area (TPSA) is 91.7 Å². The van der Waals surface area contributed by atoms with Crippen LogP contribution in [0, 0.1) is 0 Å². The van der Waals surface area contributed by atoms with Crippen LogP contribution in [0.4, 0.5) is 0 Å². The van der Waals surface area contributed by atoms with E-state index in [0.717, 1.165) is 11.1 Å². The van der Waals surface area contributed by atoms with Crippen molar-refractivity contribution in [2.24, 2.45) is 0 Å². The SMILES string of the molecule is CC1(C)S[C@@H]2c3ccccc3C(=O)N2[C@H]1C(=O)N[C@@H](Cc1ccccc1)C(=O)NCc1ccco1. The Morgan fingerprint density at radius 3 is 2.54 bits per heavy atom. The van der Waals surface area contributed by atoms with Crippen molar-refractivity contribution in [1.82, 2.24) is 15.5 Å². The molecule has 0 aliphatic carbocycles. The van der Waals surface area contributed by atoms with E-state index in [-0.39, 0.29) is 29.6 Å². The third kappa shape index (κ3) is 4.46. The van der Waals surface area contributed by atoms with Gasteiger partial charge in [-0.05, 0) is 43.2 Å². The first-order chi connectivity index (χ1) is 16.8. The Bertz CT molecular complexity index is 1240. The van der Waals surface area contributed by atoms with Crippen molar-refractivity contribution < 1.29 is 18.8 Å². The van der Waals surface area contributed by atoms with Crippen molar-refractivity contribution in [2.75, 3.05) is 0 Å². The molecule has 35 heavy (non-hydrogen) atoms. The van der Waals surface area contributed by atoms with Gasteiger partial charge in [0, 0.05) is 16.7 Å². The summed E-state index contributed by atoms with van der Waals surface area (Å²) in [6, 6.07) is 19.1. The summed E-state index contributed by atoms with van der Waals surface area (Å²) in [6.07, 6.45) is 1.88. The molecule has 1 saturated heterocycles. The summed E-state index contributed by atoms with van der Waals surface area (Å²) in [4.78, 5) is 41.8. The molecule has 1 fully saturated rings. The predicted molar refractivity (Wildman–Crippen MR) is 133 cm³/mol. The number of nitrogens with zero attached hydrogens (tertiary/aromatic N) is 1. The number of rotatable bonds is 7. The largest absolute Gasteiger partial charge is 0.467 e. The predicted octanol–water partition coefficient (Wildman–Crippen LogP) is 3.67. The molecule has 2 N–H and O–H groups in total. The van der Waals surface area contributed by atoms with Gasteiger partial charge in [-0.1, -0.05) is 48.5 Å². The maximum Gasteiger partial charge on any atom is 0.256 e. The quantitative estimate of drug-likeness (QED) is 0.528. The highest BCUT2D eigenvalue weighted by Crippen LogP contribution is 2.56. The van der Waals surface area contributed by atoms with Gasteiger partial charge in [-0.15, -0.1) is 11.8 Å².